The van der Waals surface area contributed by atoms with Crippen LogP contribution >= 0.6 is 34.5 Å². The van der Waals surface area contributed by atoms with Crippen molar-refractivity contribution in [3.05, 3.63) is 69.1 Å². The average Bonchev–Trinajstić information content (AvgIpc) is 3.11. The third-order valence-electron chi connectivity index (χ3n) is 3.47. The van der Waals surface area contributed by atoms with Crippen molar-refractivity contribution in [2.45, 2.75) is 0 Å². The lowest BCUT2D eigenvalue weighted by atomic mass is 10.1. The number of anilines is 1. The summed E-state index contributed by atoms with van der Waals surface area (Å²) in [5.74, 6) is 0.757. The number of hydrogen-bond donors (Lipinski definition) is 1. The molecule has 0 aliphatic rings. The molecule has 26 heavy (non-hydrogen) atoms. The zero-order valence-electron chi connectivity index (χ0n) is 13.7. The van der Waals surface area contributed by atoms with Crippen molar-refractivity contribution in [3.8, 4) is 23.1 Å². The smallest absolute Gasteiger partial charge is 0.136 e. The number of benzene rings is 2. The lowest BCUT2D eigenvalue weighted by molar-refractivity contribution is 0.415. The Labute approximate surface area is 165 Å². The number of nitrogens with zero attached hydrogens (tertiary/aromatic N) is 2. The molecule has 0 aliphatic carbocycles. The fourth-order valence-corrected chi connectivity index (χ4v) is 3.57. The van der Waals surface area contributed by atoms with Crippen molar-refractivity contribution in [1.29, 1.82) is 5.26 Å². The summed E-state index contributed by atoms with van der Waals surface area (Å²) in [6.07, 6.45) is 1.59. The molecule has 0 aliphatic heterocycles. The van der Waals surface area contributed by atoms with E-state index in [-0.39, 0.29) is 0 Å². The molecule has 0 amide bonds. The third kappa shape index (κ3) is 4.36. The highest BCUT2D eigenvalue weighted by Crippen LogP contribution is 2.28. The van der Waals surface area contributed by atoms with E-state index in [9.17, 15) is 5.26 Å². The Hall–Kier alpha value is -2.52. The van der Waals surface area contributed by atoms with Crippen molar-refractivity contribution in [3.63, 3.8) is 0 Å². The second-order valence-electron chi connectivity index (χ2n) is 5.24. The molecule has 2 aromatic carbocycles. The highest BCUT2D eigenvalue weighted by molar-refractivity contribution is 7.11. The molecule has 0 spiro atoms. The maximum atomic E-state index is 9.46. The van der Waals surface area contributed by atoms with E-state index in [4.69, 9.17) is 27.9 Å². The maximum absolute atomic E-state index is 9.46. The lowest BCUT2D eigenvalue weighted by Crippen LogP contribution is -1.91. The van der Waals surface area contributed by atoms with Gasteiger partial charge in [0.05, 0.1) is 12.8 Å². The standard InChI is InChI=1S/C19H13Cl2N3OS/c1-25-17-4-2-3-12(5-17)18-11-26-19(24-18)13(9-22)10-23-16-7-14(20)6-15(21)8-16/h2-8,10-11,23H,1H3. The molecule has 130 valence electrons. The van der Waals surface area contributed by atoms with E-state index in [1.54, 1.807) is 31.5 Å². The number of rotatable bonds is 5. The van der Waals surface area contributed by atoms with Gasteiger partial charge in [0.25, 0.3) is 0 Å². The van der Waals surface area contributed by atoms with Gasteiger partial charge in [-0.15, -0.1) is 11.3 Å². The van der Waals surface area contributed by atoms with Gasteiger partial charge in [-0.3, -0.25) is 0 Å². The first-order valence-electron chi connectivity index (χ1n) is 7.52. The molecular weight excluding hydrogens is 389 g/mol. The molecule has 3 aromatic rings. The van der Waals surface area contributed by atoms with Gasteiger partial charge >= 0.3 is 0 Å². The number of thiazole rings is 1. The SMILES string of the molecule is COc1cccc(-c2csc(C(C#N)=CNc3cc(Cl)cc(Cl)c3)n2)c1. The minimum absolute atomic E-state index is 0.417. The zero-order valence-corrected chi connectivity index (χ0v) is 16.0. The van der Waals surface area contributed by atoms with Crippen LogP contribution in [-0.4, -0.2) is 12.1 Å². The Morgan fingerprint density at radius 3 is 2.69 bits per heavy atom. The molecule has 0 unspecified atom stereocenters. The Balaban J connectivity index is 1.84. The predicted molar refractivity (Wildman–Crippen MR) is 108 cm³/mol. The van der Waals surface area contributed by atoms with Crippen molar-refractivity contribution >= 4 is 45.8 Å². The minimum Gasteiger partial charge on any atom is -0.497 e. The molecule has 4 nitrogen and oxygen atoms in total. The van der Waals surface area contributed by atoms with Crippen LogP contribution < -0.4 is 10.1 Å². The molecule has 0 saturated carbocycles. The van der Waals surface area contributed by atoms with E-state index in [0.29, 0.717) is 26.3 Å². The van der Waals surface area contributed by atoms with Gasteiger partial charge in [0, 0.05) is 32.9 Å². The van der Waals surface area contributed by atoms with Crippen LogP contribution in [0.5, 0.6) is 5.75 Å². The largest absolute Gasteiger partial charge is 0.497 e. The Morgan fingerprint density at radius 1 is 1.23 bits per heavy atom. The lowest BCUT2D eigenvalue weighted by Gasteiger charge is -2.03. The fraction of sp³-hybridized carbons (Fsp3) is 0.0526. The molecule has 0 atom stereocenters. The van der Waals surface area contributed by atoms with Crippen LogP contribution in [0.2, 0.25) is 10.0 Å². The van der Waals surface area contributed by atoms with E-state index in [0.717, 1.165) is 17.0 Å². The van der Waals surface area contributed by atoms with E-state index in [1.165, 1.54) is 11.3 Å². The number of aromatic nitrogens is 1. The van der Waals surface area contributed by atoms with E-state index < -0.39 is 0 Å². The number of allylic oxidation sites excluding steroid dienone is 1. The highest BCUT2D eigenvalue weighted by atomic mass is 35.5. The molecule has 0 saturated heterocycles. The molecule has 3 rings (SSSR count). The summed E-state index contributed by atoms with van der Waals surface area (Å²) in [6.45, 7) is 0. The van der Waals surface area contributed by atoms with Crippen LogP contribution in [0.25, 0.3) is 16.8 Å². The van der Waals surface area contributed by atoms with Gasteiger partial charge in [0.2, 0.25) is 0 Å². The molecule has 1 aromatic heterocycles. The van der Waals surface area contributed by atoms with E-state index >= 15 is 0 Å². The predicted octanol–water partition coefficient (Wildman–Crippen LogP) is 6.10. The summed E-state index contributed by atoms with van der Waals surface area (Å²) in [4.78, 5) is 4.55. The summed E-state index contributed by atoms with van der Waals surface area (Å²) in [5, 5.41) is 16.1. The minimum atomic E-state index is 0.417. The second kappa shape index (κ2) is 8.24. The Morgan fingerprint density at radius 2 is 2.00 bits per heavy atom. The quantitative estimate of drug-likeness (QED) is 0.524. The van der Waals surface area contributed by atoms with Gasteiger partial charge in [0.1, 0.15) is 22.4 Å². The summed E-state index contributed by atoms with van der Waals surface area (Å²) in [5.41, 5.74) is 2.83. The Kier molecular flexibility index (Phi) is 5.79. The normalized spacial score (nSPS) is 11.1. The molecule has 0 radical (unpaired) electrons. The van der Waals surface area contributed by atoms with Crippen LogP contribution in [0.3, 0.4) is 0 Å². The summed E-state index contributed by atoms with van der Waals surface area (Å²) >= 11 is 13.4. The number of nitrogens with one attached hydrogen (secondary N) is 1. The third-order valence-corrected chi connectivity index (χ3v) is 4.78. The summed E-state index contributed by atoms with van der Waals surface area (Å²) < 4.78 is 5.24. The van der Waals surface area contributed by atoms with E-state index in [1.807, 2.05) is 29.6 Å². The molecule has 0 fully saturated rings. The van der Waals surface area contributed by atoms with Crippen LogP contribution in [0.1, 0.15) is 5.01 Å². The van der Waals surface area contributed by atoms with Crippen molar-refractivity contribution in [2.24, 2.45) is 0 Å². The van der Waals surface area contributed by atoms with Crippen LogP contribution in [0.4, 0.5) is 5.69 Å². The molecule has 1 N–H and O–H groups in total. The molecule has 7 heteroatoms. The van der Waals surface area contributed by atoms with Gasteiger partial charge < -0.3 is 10.1 Å². The van der Waals surface area contributed by atoms with Crippen LogP contribution in [-0.2, 0) is 0 Å². The first-order valence-corrected chi connectivity index (χ1v) is 9.16. The number of hydrogen-bond acceptors (Lipinski definition) is 5. The average molecular weight is 402 g/mol. The maximum Gasteiger partial charge on any atom is 0.136 e. The van der Waals surface area contributed by atoms with Crippen molar-refractivity contribution < 1.29 is 4.74 Å². The fourth-order valence-electron chi connectivity index (χ4n) is 2.25. The van der Waals surface area contributed by atoms with Gasteiger partial charge in [-0.05, 0) is 30.3 Å². The number of methoxy groups -OCH3 is 1. The van der Waals surface area contributed by atoms with Gasteiger partial charge in [-0.1, -0.05) is 35.3 Å². The van der Waals surface area contributed by atoms with Crippen LogP contribution in [0, 0.1) is 11.3 Å². The second-order valence-corrected chi connectivity index (χ2v) is 6.97. The summed E-state index contributed by atoms with van der Waals surface area (Å²) in [7, 11) is 1.62. The topological polar surface area (TPSA) is 57.9 Å². The van der Waals surface area contributed by atoms with Crippen LogP contribution in [0.15, 0.2) is 54.0 Å². The van der Waals surface area contributed by atoms with Gasteiger partial charge in [-0.25, -0.2) is 4.98 Å². The molecular formula is C19H13Cl2N3OS. The van der Waals surface area contributed by atoms with Gasteiger partial charge in [-0.2, -0.15) is 5.26 Å². The number of nitriles is 1. The molecule has 0 bridgehead atoms. The highest BCUT2D eigenvalue weighted by Gasteiger charge is 2.10. The van der Waals surface area contributed by atoms with Crippen molar-refractivity contribution in [2.75, 3.05) is 12.4 Å². The van der Waals surface area contributed by atoms with Crippen molar-refractivity contribution in [1.82, 2.24) is 4.98 Å². The van der Waals surface area contributed by atoms with Gasteiger partial charge in [0.15, 0.2) is 0 Å². The first-order chi connectivity index (χ1) is 12.6. The zero-order chi connectivity index (χ0) is 18.5. The Bertz CT molecular complexity index is 988. The number of halogens is 2. The van der Waals surface area contributed by atoms with E-state index in [2.05, 4.69) is 16.4 Å². The summed E-state index contributed by atoms with van der Waals surface area (Å²) in [6, 6.07) is 14.9. The first kappa shape index (κ1) is 18.3. The monoisotopic (exact) mass is 401 g/mol. The number of ether oxygens (including phenoxy) is 1. The molecule has 1 heterocycles.